The predicted octanol–water partition coefficient (Wildman–Crippen LogP) is 2.56. The highest BCUT2D eigenvalue weighted by Gasteiger charge is 2.42. The molecule has 5 atom stereocenters. The summed E-state index contributed by atoms with van der Waals surface area (Å²) in [7, 11) is 3.83. The minimum Gasteiger partial charge on any atom is -0.505 e. The summed E-state index contributed by atoms with van der Waals surface area (Å²) in [6, 6.07) is 6.89. The lowest BCUT2D eigenvalue weighted by Gasteiger charge is -2.24. The van der Waals surface area contributed by atoms with Gasteiger partial charge >= 0.3 is 0 Å². The van der Waals surface area contributed by atoms with Gasteiger partial charge in [-0.05, 0) is 36.6 Å². The molecule has 0 saturated heterocycles. The van der Waals surface area contributed by atoms with Crippen LogP contribution in [0, 0.1) is 11.8 Å². The third-order valence-corrected chi connectivity index (χ3v) is 5.10. The molecule has 26 heavy (non-hydrogen) atoms. The standard InChI is InChI=1S/C18H25ClNO5P/c1-23-7-3-6-14-15(17(25-26)9-16(14)21)10-20-18(22)11-24-13-5-2-4-12(19)8-13/h2-5,7-8,14-17,21H,6,9-11,26H2,1H3,(H,20,22)/t14-,15-,16?,17?/m1/s1. The normalized spacial score (nSPS) is 25.4. The van der Waals surface area contributed by atoms with Gasteiger partial charge in [0, 0.05) is 33.4 Å². The highest BCUT2D eigenvalue weighted by molar-refractivity contribution is 7.09. The van der Waals surface area contributed by atoms with Crippen molar-refractivity contribution in [1.82, 2.24) is 5.32 Å². The summed E-state index contributed by atoms with van der Waals surface area (Å²) in [6.07, 6.45) is 4.04. The molecule has 8 heteroatoms. The molecule has 1 fully saturated rings. The second-order valence-corrected chi connectivity index (χ2v) is 6.91. The van der Waals surface area contributed by atoms with Gasteiger partial charge in [-0.25, -0.2) is 0 Å². The number of nitrogens with one attached hydrogen (secondary N) is 1. The topological polar surface area (TPSA) is 77.0 Å². The molecule has 1 aliphatic rings. The zero-order valence-electron chi connectivity index (χ0n) is 14.6. The summed E-state index contributed by atoms with van der Waals surface area (Å²) < 4.78 is 15.8. The molecule has 0 aromatic heterocycles. The molecular weight excluding hydrogens is 377 g/mol. The van der Waals surface area contributed by atoms with E-state index >= 15 is 0 Å². The van der Waals surface area contributed by atoms with Gasteiger partial charge in [0.25, 0.3) is 5.91 Å². The van der Waals surface area contributed by atoms with E-state index in [-0.39, 0.29) is 30.5 Å². The Morgan fingerprint density at radius 1 is 1.46 bits per heavy atom. The van der Waals surface area contributed by atoms with Gasteiger partial charge in [0.1, 0.15) is 5.75 Å². The van der Waals surface area contributed by atoms with E-state index < -0.39 is 6.10 Å². The first kappa shape index (κ1) is 21.0. The molecule has 1 saturated carbocycles. The second kappa shape index (κ2) is 10.7. The second-order valence-electron chi connectivity index (χ2n) is 6.20. The number of hydrogen-bond acceptors (Lipinski definition) is 5. The Hall–Kier alpha value is -1.33. The summed E-state index contributed by atoms with van der Waals surface area (Å²) in [5, 5.41) is 13.7. The first-order valence-electron chi connectivity index (χ1n) is 8.41. The van der Waals surface area contributed by atoms with Gasteiger partial charge in [0.15, 0.2) is 6.61 Å². The van der Waals surface area contributed by atoms with Crippen LogP contribution < -0.4 is 10.1 Å². The molecule has 1 aromatic rings. The lowest BCUT2D eigenvalue weighted by atomic mass is 9.90. The summed E-state index contributed by atoms with van der Waals surface area (Å²) in [5.41, 5.74) is 0. The van der Waals surface area contributed by atoms with Crippen LogP contribution in [0.4, 0.5) is 0 Å². The summed E-state index contributed by atoms with van der Waals surface area (Å²) in [4.78, 5) is 12.1. The van der Waals surface area contributed by atoms with Gasteiger partial charge in [-0.2, -0.15) is 0 Å². The van der Waals surface area contributed by atoms with Crippen molar-refractivity contribution >= 4 is 27.0 Å². The monoisotopic (exact) mass is 401 g/mol. The van der Waals surface area contributed by atoms with E-state index in [1.54, 1.807) is 37.6 Å². The highest BCUT2D eigenvalue weighted by atomic mass is 35.5. The Balaban J connectivity index is 1.85. The number of allylic oxidation sites excluding steroid dienone is 1. The predicted molar refractivity (Wildman–Crippen MR) is 103 cm³/mol. The van der Waals surface area contributed by atoms with Crippen molar-refractivity contribution in [2.75, 3.05) is 20.3 Å². The van der Waals surface area contributed by atoms with Crippen LogP contribution in [0.2, 0.25) is 5.02 Å². The maximum absolute atomic E-state index is 12.1. The maximum Gasteiger partial charge on any atom is 0.257 e. The fourth-order valence-corrected chi connectivity index (χ4v) is 3.71. The third-order valence-electron chi connectivity index (χ3n) is 4.51. The minimum atomic E-state index is -0.480. The SMILES string of the molecule is COC=CC[C@H]1C(O)CC(OP)[C@@H]1CNC(=O)COc1cccc(Cl)c1. The van der Waals surface area contributed by atoms with Crippen molar-refractivity contribution in [3.63, 3.8) is 0 Å². The van der Waals surface area contributed by atoms with Gasteiger partial charge < -0.3 is 24.4 Å². The van der Waals surface area contributed by atoms with Crippen LogP contribution in [-0.2, 0) is 14.1 Å². The molecule has 0 aliphatic heterocycles. The molecule has 0 heterocycles. The number of benzene rings is 1. The molecule has 1 aromatic carbocycles. The van der Waals surface area contributed by atoms with Crippen molar-refractivity contribution in [3.8, 4) is 5.75 Å². The molecule has 6 nitrogen and oxygen atoms in total. The van der Waals surface area contributed by atoms with Crippen LogP contribution in [0.25, 0.3) is 0 Å². The quantitative estimate of drug-likeness (QED) is 0.491. The minimum absolute atomic E-state index is 0.000809. The molecule has 3 unspecified atom stereocenters. The molecule has 0 bridgehead atoms. The van der Waals surface area contributed by atoms with Gasteiger partial charge in [-0.1, -0.05) is 17.7 Å². The largest absolute Gasteiger partial charge is 0.505 e. The van der Waals surface area contributed by atoms with E-state index in [4.69, 9.17) is 25.6 Å². The van der Waals surface area contributed by atoms with Crippen LogP contribution in [0.5, 0.6) is 5.75 Å². The van der Waals surface area contributed by atoms with Gasteiger partial charge in [-0.15, -0.1) is 0 Å². The number of methoxy groups -OCH3 is 1. The summed E-state index contributed by atoms with van der Waals surface area (Å²) >= 11 is 5.89. The Kier molecular flexibility index (Phi) is 8.66. The highest BCUT2D eigenvalue weighted by Crippen LogP contribution is 2.37. The van der Waals surface area contributed by atoms with Gasteiger partial charge in [0.2, 0.25) is 0 Å². The molecule has 0 radical (unpaired) electrons. The molecule has 2 N–H and O–H groups in total. The van der Waals surface area contributed by atoms with E-state index in [0.717, 1.165) is 0 Å². The van der Waals surface area contributed by atoms with Gasteiger partial charge in [-0.3, -0.25) is 4.79 Å². The van der Waals surface area contributed by atoms with Crippen LogP contribution in [0.3, 0.4) is 0 Å². The van der Waals surface area contributed by atoms with E-state index in [0.29, 0.717) is 30.2 Å². The van der Waals surface area contributed by atoms with Crippen LogP contribution in [0.15, 0.2) is 36.6 Å². The Labute approximate surface area is 161 Å². The summed E-state index contributed by atoms with van der Waals surface area (Å²) in [5.74, 6) is 0.290. The van der Waals surface area contributed by atoms with E-state index in [2.05, 4.69) is 14.8 Å². The molecular formula is C18H25ClNO5P. The lowest BCUT2D eigenvalue weighted by Crippen LogP contribution is -2.38. The van der Waals surface area contributed by atoms with Crippen molar-refractivity contribution in [1.29, 1.82) is 0 Å². The number of hydrogen-bond donors (Lipinski definition) is 2. The van der Waals surface area contributed by atoms with Crippen molar-refractivity contribution in [2.24, 2.45) is 11.8 Å². The van der Waals surface area contributed by atoms with E-state index in [9.17, 15) is 9.90 Å². The fourth-order valence-electron chi connectivity index (χ4n) is 3.22. The molecule has 0 spiro atoms. The Morgan fingerprint density at radius 3 is 2.96 bits per heavy atom. The number of halogens is 1. The van der Waals surface area contributed by atoms with Crippen LogP contribution in [0.1, 0.15) is 12.8 Å². The van der Waals surface area contributed by atoms with Crippen LogP contribution >= 0.6 is 21.1 Å². The number of aliphatic hydroxyl groups is 1. The lowest BCUT2D eigenvalue weighted by molar-refractivity contribution is -0.123. The number of carbonyl (C=O) groups is 1. The van der Waals surface area contributed by atoms with Crippen LogP contribution in [-0.4, -0.2) is 43.5 Å². The number of amides is 1. The number of carbonyl (C=O) groups excluding carboxylic acids is 1. The van der Waals surface area contributed by atoms with E-state index in [1.807, 2.05) is 6.08 Å². The molecule has 2 rings (SSSR count). The number of rotatable bonds is 9. The van der Waals surface area contributed by atoms with Gasteiger partial charge in [0.05, 0.1) is 25.6 Å². The zero-order chi connectivity index (χ0) is 18.9. The third kappa shape index (κ3) is 6.13. The molecule has 1 amide bonds. The maximum atomic E-state index is 12.1. The first-order chi connectivity index (χ1) is 12.5. The van der Waals surface area contributed by atoms with Crippen molar-refractivity contribution < 1.29 is 23.9 Å². The summed E-state index contributed by atoms with van der Waals surface area (Å²) in [6.45, 7) is 0.301. The molecule has 144 valence electrons. The number of aliphatic hydroxyl groups excluding tert-OH is 1. The van der Waals surface area contributed by atoms with Crippen molar-refractivity contribution in [2.45, 2.75) is 25.0 Å². The smallest absolute Gasteiger partial charge is 0.257 e. The van der Waals surface area contributed by atoms with E-state index in [1.165, 1.54) is 0 Å². The average Bonchev–Trinajstić information content (AvgIpc) is 2.93. The number of ether oxygens (including phenoxy) is 2. The van der Waals surface area contributed by atoms with Crippen molar-refractivity contribution in [3.05, 3.63) is 41.6 Å². The Bertz CT molecular complexity index is 615. The molecule has 1 aliphatic carbocycles. The Morgan fingerprint density at radius 2 is 2.27 bits per heavy atom. The average molecular weight is 402 g/mol. The first-order valence-corrected chi connectivity index (χ1v) is 9.26. The fraction of sp³-hybridized carbons (Fsp3) is 0.500. The zero-order valence-corrected chi connectivity index (χ0v) is 16.5.